The number of carbonyl (C=O) groups excluding carboxylic acids is 1. The number of benzene rings is 1. The summed E-state index contributed by atoms with van der Waals surface area (Å²) in [6.45, 7) is 1.98. The number of anilines is 1. The fraction of sp³-hybridized carbons (Fsp3) is 0.200. The van der Waals surface area contributed by atoms with Crippen molar-refractivity contribution in [2.75, 3.05) is 11.9 Å². The summed E-state index contributed by atoms with van der Waals surface area (Å²) in [5.41, 5.74) is 6.67. The summed E-state index contributed by atoms with van der Waals surface area (Å²) in [5, 5.41) is 7.76. The maximum Gasteiger partial charge on any atom is 0.283 e. The second kappa shape index (κ2) is 8.44. The van der Waals surface area contributed by atoms with Crippen LogP contribution in [-0.2, 0) is 15.1 Å². The third-order valence-electron chi connectivity index (χ3n) is 6.45. The van der Waals surface area contributed by atoms with Crippen LogP contribution in [0.25, 0.3) is 11.3 Å². The first-order valence-electron chi connectivity index (χ1n) is 11.3. The van der Waals surface area contributed by atoms with Gasteiger partial charge in [0.25, 0.3) is 17.9 Å². The van der Waals surface area contributed by atoms with Gasteiger partial charge in [0, 0.05) is 41.2 Å². The third kappa shape index (κ3) is 3.84. The molecule has 0 fully saturated rings. The van der Waals surface area contributed by atoms with Gasteiger partial charge < -0.3 is 25.8 Å². The molecule has 0 saturated carbocycles. The molecule has 1 aromatic carbocycles. The standard InChI is InChI=1S/C25H20F2N6O3S/c1-24(30-5-7-37-24)22(34)31-15-2-3-19-16(9-15)25(4-6-35-23(28)33-25)17-10-18(32-21(27)20(17)36-19)13-8-14(26)12-29-11-13/h2-3,5,7-12,30H,4,6H2,1H3,(H2,28,33)(H,31,34)/t24?,25-/m0/s1. The van der Waals surface area contributed by atoms with E-state index < -0.39 is 22.2 Å². The number of rotatable bonds is 3. The number of amides is 1. The van der Waals surface area contributed by atoms with E-state index in [2.05, 4.69) is 25.6 Å². The van der Waals surface area contributed by atoms with Crippen LogP contribution in [0.1, 0.15) is 24.5 Å². The molecule has 0 bridgehead atoms. The molecule has 0 saturated heterocycles. The second-order valence-electron chi connectivity index (χ2n) is 8.84. The summed E-state index contributed by atoms with van der Waals surface area (Å²) < 4.78 is 40.6. The molecule has 2 atom stereocenters. The van der Waals surface area contributed by atoms with E-state index in [-0.39, 0.29) is 35.5 Å². The van der Waals surface area contributed by atoms with Crippen LogP contribution in [0.4, 0.5) is 14.5 Å². The highest BCUT2D eigenvalue weighted by Crippen LogP contribution is 2.53. The number of hydrogen-bond donors (Lipinski definition) is 3. The van der Waals surface area contributed by atoms with Crippen LogP contribution in [0.3, 0.4) is 0 Å². The van der Waals surface area contributed by atoms with Gasteiger partial charge in [-0.1, -0.05) is 11.8 Å². The van der Waals surface area contributed by atoms with Crippen molar-refractivity contribution in [3.8, 4) is 22.8 Å². The molecule has 0 radical (unpaired) electrons. The molecule has 3 aliphatic heterocycles. The normalized spacial score (nSPS) is 23.3. The van der Waals surface area contributed by atoms with Gasteiger partial charge in [-0.05, 0) is 42.7 Å². The third-order valence-corrected chi connectivity index (χ3v) is 7.50. The van der Waals surface area contributed by atoms with Gasteiger partial charge in [-0.25, -0.2) is 14.4 Å². The molecule has 3 aromatic rings. The summed E-state index contributed by atoms with van der Waals surface area (Å²) in [4.78, 5) is 24.6. The number of pyridine rings is 2. The van der Waals surface area contributed by atoms with Crippen molar-refractivity contribution in [3.05, 3.63) is 77.2 Å². The SMILES string of the molecule is CC1(C(=O)Nc2ccc3c(c2)[C@@]2(CCOC(N)=N2)c2cc(-c4cncc(F)c4)nc(F)c2O3)NC=CS1. The average molecular weight is 523 g/mol. The minimum absolute atomic E-state index is 0.0733. The Bertz CT molecular complexity index is 1510. The van der Waals surface area contributed by atoms with E-state index in [4.69, 9.17) is 15.2 Å². The summed E-state index contributed by atoms with van der Waals surface area (Å²) in [5.74, 6) is -1.49. The first-order chi connectivity index (χ1) is 17.8. The van der Waals surface area contributed by atoms with Crippen LogP contribution in [-0.4, -0.2) is 33.4 Å². The van der Waals surface area contributed by atoms with Gasteiger partial charge >= 0.3 is 0 Å². The maximum atomic E-state index is 15.4. The maximum absolute atomic E-state index is 15.4. The molecule has 0 aliphatic carbocycles. The summed E-state index contributed by atoms with van der Waals surface area (Å²) >= 11 is 1.35. The number of fused-ring (bicyclic) bond motifs is 4. The second-order valence-corrected chi connectivity index (χ2v) is 10.2. The van der Waals surface area contributed by atoms with Crippen molar-refractivity contribution >= 4 is 29.4 Å². The number of thioether (sulfide) groups is 1. The smallest absolute Gasteiger partial charge is 0.283 e. The predicted octanol–water partition coefficient (Wildman–Crippen LogP) is 3.97. The number of nitrogens with two attached hydrogens (primary N) is 1. The lowest BCUT2D eigenvalue weighted by atomic mass is 9.77. The molecule has 5 heterocycles. The number of amidine groups is 1. The van der Waals surface area contributed by atoms with Crippen molar-refractivity contribution in [2.24, 2.45) is 10.7 Å². The fourth-order valence-corrected chi connectivity index (χ4v) is 5.32. The molecular formula is C25H20F2N6O3S. The van der Waals surface area contributed by atoms with Gasteiger partial charge in [0.1, 0.15) is 17.1 Å². The van der Waals surface area contributed by atoms with Gasteiger partial charge in [-0.2, -0.15) is 4.39 Å². The Morgan fingerprint density at radius 3 is 2.84 bits per heavy atom. The van der Waals surface area contributed by atoms with Gasteiger partial charge in [-0.3, -0.25) is 9.78 Å². The highest BCUT2D eigenvalue weighted by molar-refractivity contribution is 8.04. The van der Waals surface area contributed by atoms with Crippen LogP contribution < -0.4 is 21.1 Å². The van der Waals surface area contributed by atoms with Gasteiger partial charge in [0.15, 0.2) is 10.6 Å². The molecule has 37 heavy (non-hydrogen) atoms. The average Bonchev–Trinajstić information content (AvgIpc) is 3.33. The first kappa shape index (κ1) is 23.2. The molecular weight excluding hydrogens is 502 g/mol. The number of aromatic nitrogens is 2. The Hall–Kier alpha value is -4.19. The predicted molar refractivity (Wildman–Crippen MR) is 134 cm³/mol. The zero-order valence-electron chi connectivity index (χ0n) is 19.4. The lowest BCUT2D eigenvalue weighted by molar-refractivity contribution is -0.118. The number of ether oxygens (including phenoxy) is 2. The summed E-state index contributed by atoms with van der Waals surface area (Å²) in [6.07, 6.45) is 4.46. The molecule has 4 N–H and O–H groups in total. The zero-order chi connectivity index (χ0) is 25.8. The topological polar surface area (TPSA) is 124 Å². The van der Waals surface area contributed by atoms with Crippen LogP contribution in [0.2, 0.25) is 0 Å². The van der Waals surface area contributed by atoms with Crippen molar-refractivity contribution in [2.45, 2.75) is 23.8 Å². The van der Waals surface area contributed by atoms with E-state index in [1.807, 2.05) is 0 Å². The largest absolute Gasteiger partial charge is 0.465 e. The van der Waals surface area contributed by atoms with Crippen molar-refractivity contribution in [3.63, 3.8) is 0 Å². The molecule has 6 rings (SSSR count). The van der Waals surface area contributed by atoms with Crippen LogP contribution in [0.15, 0.2) is 59.3 Å². The molecule has 188 valence electrons. The number of hydrogen-bond acceptors (Lipinski definition) is 9. The molecule has 1 spiro atoms. The monoisotopic (exact) mass is 522 g/mol. The van der Waals surface area contributed by atoms with E-state index in [9.17, 15) is 9.18 Å². The highest BCUT2D eigenvalue weighted by atomic mass is 32.2. The van der Waals surface area contributed by atoms with Crippen molar-refractivity contribution in [1.29, 1.82) is 0 Å². The van der Waals surface area contributed by atoms with Crippen LogP contribution in [0.5, 0.6) is 11.5 Å². The molecule has 9 nitrogen and oxygen atoms in total. The lowest BCUT2D eigenvalue weighted by Crippen LogP contribution is -2.45. The number of aliphatic imine (C=N–C) groups is 1. The Labute approximate surface area is 214 Å². The van der Waals surface area contributed by atoms with Crippen LogP contribution >= 0.6 is 11.8 Å². The van der Waals surface area contributed by atoms with E-state index in [0.717, 1.165) is 6.20 Å². The van der Waals surface area contributed by atoms with Gasteiger partial charge in [0.05, 0.1) is 18.5 Å². The van der Waals surface area contributed by atoms with Crippen molar-refractivity contribution in [1.82, 2.24) is 15.3 Å². The Morgan fingerprint density at radius 1 is 1.22 bits per heavy atom. The number of nitrogens with one attached hydrogen (secondary N) is 2. The quantitative estimate of drug-likeness (QED) is 0.442. The summed E-state index contributed by atoms with van der Waals surface area (Å²) in [6, 6.07) is 7.77. The number of carbonyl (C=O) groups is 1. The van der Waals surface area contributed by atoms with Gasteiger partial charge in [0.2, 0.25) is 0 Å². The minimum atomic E-state index is -1.20. The molecule has 1 amide bonds. The number of nitrogens with zero attached hydrogens (tertiary/aromatic N) is 3. The fourth-order valence-electron chi connectivity index (χ4n) is 4.62. The lowest BCUT2D eigenvalue weighted by Gasteiger charge is -2.39. The molecule has 3 aliphatic rings. The van der Waals surface area contributed by atoms with E-state index in [0.29, 0.717) is 29.0 Å². The van der Waals surface area contributed by atoms with Gasteiger partial charge in [-0.15, -0.1) is 0 Å². The Morgan fingerprint density at radius 2 is 2.08 bits per heavy atom. The van der Waals surface area contributed by atoms with E-state index >= 15 is 4.39 Å². The zero-order valence-corrected chi connectivity index (χ0v) is 20.2. The van der Waals surface area contributed by atoms with E-state index in [1.165, 1.54) is 24.0 Å². The Balaban J connectivity index is 1.49. The minimum Gasteiger partial charge on any atom is -0.465 e. The summed E-state index contributed by atoms with van der Waals surface area (Å²) in [7, 11) is 0. The Kier molecular flexibility index (Phi) is 5.30. The van der Waals surface area contributed by atoms with E-state index in [1.54, 1.807) is 42.8 Å². The number of halogens is 2. The first-order valence-corrected chi connectivity index (χ1v) is 12.2. The van der Waals surface area contributed by atoms with Crippen molar-refractivity contribution < 1.29 is 23.0 Å². The van der Waals surface area contributed by atoms with Crippen LogP contribution in [0, 0.1) is 11.8 Å². The molecule has 2 aromatic heterocycles. The molecule has 1 unspecified atom stereocenters. The highest BCUT2D eigenvalue weighted by Gasteiger charge is 2.46. The molecule has 12 heteroatoms.